The highest BCUT2D eigenvalue weighted by Gasteiger charge is 1.79. The van der Waals surface area contributed by atoms with Crippen molar-refractivity contribution < 1.29 is 4.74 Å². The lowest BCUT2D eigenvalue weighted by atomic mass is 10.2. The third kappa shape index (κ3) is 7.54. The summed E-state index contributed by atoms with van der Waals surface area (Å²) in [5, 5.41) is 0. The van der Waals surface area contributed by atoms with Crippen LogP contribution in [-0.4, -0.2) is 0 Å². The predicted octanol–water partition coefficient (Wildman–Crippen LogP) is 2.89. The van der Waals surface area contributed by atoms with Gasteiger partial charge in [0.1, 0.15) is 7.11 Å². The Hall–Kier alpha value is -0.460. The molecule has 0 heterocycles. The van der Waals surface area contributed by atoms with E-state index in [0.717, 1.165) is 6.42 Å². The predicted molar refractivity (Wildman–Crippen MR) is 39.7 cm³/mol. The van der Waals surface area contributed by atoms with Crippen LogP contribution in [0.15, 0.2) is 12.3 Å². The second-order valence-corrected chi connectivity index (χ2v) is 2.03. The number of allylic oxidation sites excluding steroid dienone is 1. The van der Waals surface area contributed by atoms with Crippen LogP contribution >= 0.6 is 0 Å². The Morgan fingerprint density at radius 2 is 2.22 bits per heavy atom. The Morgan fingerprint density at radius 1 is 1.44 bits per heavy atom. The minimum Gasteiger partial charge on any atom is -0.498 e. The first-order chi connectivity index (χ1) is 4.41. The first kappa shape index (κ1) is 8.54. The van der Waals surface area contributed by atoms with Crippen LogP contribution in [0, 0.1) is 7.11 Å². The van der Waals surface area contributed by atoms with Gasteiger partial charge in [-0.25, -0.2) is 0 Å². The van der Waals surface area contributed by atoms with Gasteiger partial charge in [0.25, 0.3) is 0 Å². The first-order valence-corrected chi connectivity index (χ1v) is 3.47. The highest BCUT2D eigenvalue weighted by atomic mass is 16.5. The molecule has 0 spiro atoms. The average Bonchev–Trinajstić information content (AvgIpc) is 1.89. The molecule has 0 fully saturated rings. The van der Waals surface area contributed by atoms with Crippen molar-refractivity contribution in [2.24, 2.45) is 0 Å². The maximum atomic E-state index is 4.49. The second kappa shape index (κ2) is 7.54. The number of unbranched alkanes of at least 4 members (excludes halogenated alkanes) is 3. The molecule has 1 heteroatoms. The molecular formula is C8H15O. The molecule has 0 unspecified atom stereocenters. The third-order valence-electron chi connectivity index (χ3n) is 1.17. The van der Waals surface area contributed by atoms with Crippen LogP contribution in [0.5, 0.6) is 0 Å². The molecule has 0 aromatic carbocycles. The minimum atomic E-state index is 1.11. The van der Waals surface area contributed by atoms with Crippen molar-refractivity contribution >= 4 is 0 Å². The van der Waals surface area contributed by atoms with Gasteiger partial charge in [-0.15, -0.1) is 0 Å². The number of hydrogen-bond acceptors (Lipinski definition) is 1. The van der Waals surface area contributed by atoms with Crippen LogP contribution in [-0.2, 0) is 4.74 Å². The fourth-order valence-corrected chi connectivity index (χ4v) is 0.648. The molecule has 0 aliphatic carbocycles. The van der Waals surface area contributed by atoms with Crippen LogP contribution in [0.1, 0.15) is 32.6 Å². The molecule has 0 saturated carbocycles. The summed E-state index contributed by atoms with van der Waals surface area (Å²) in [4.78, 5) is 0. The van der Waals surface area contributed by atoms with Gasteiger partial charge in [-0.3, -0.25) is 0 Å². The lowest BCUT2D eigenvalue weighted by Gasteiger charge is -1.90. The molecule has 0 atom stereocenters. The number of rotatable bonds is 5. The van der Waals surface area contributed by atoms with E-state index in [-0.39, 0.29) is 0 Å². The zero-order chi connectivity index (χ0) is 6.95. The summed E-state index contributed by atoms with van der Waals surface area (Å²) in [6.45, 7) is 2.20. The van der Waals surface area contributed by atoms with E-state index >= 15 is 0 Å². The van der Waals surface area contributed by atoms with Crippen molar-refractivity contribution in [1.29, 1.82) is 0 Å². The lowest BCUT2D eigenvalue weighted by molar-refractivity contribution is 0.392. The van der Waals surface area contributed by atoms with Crippen LogP contribution in [0.25, 0.3) is 0 Å². The molecule has 53 valence electrons. The molecular weight excluding hydrogens is 112 g/mol. The zero-order valence-electron chi connectivity index (χ0n) is 6.10. The van der Waals surface area contributed by atoms with Gasteiger partial charge in [0.2, 0.25) is 0 Å². The van der Waals surface area contributed by atoms with E-state index in [1.807, 2.05) is 6.08 Å². The Kier molecular flexibility index (Phi) is 7.15. The highest BCUT2D eigenvalue weighted by Crippen LogP contribution is 1.98. The largest absolute Gasteiger partial charge is 0.498 e. The molecule has 0 N–H and O–H groups in total. The Morgan fingerprint density at radius 3 is 2.78 bits per heavy atom. The molecule has 0 aromatic heterocycles. The summed E-state index contributed by atoms with van der Waals surface area (Å²) in [5.74, 6) is 0. The van der Waals surface area contributed by atoms with Crippen molar-refractivity contribution in [2.45, 2.75) is 32.6 Å². The van der Waals surface area contributed by atoms with Gasteiger partial charge in [0.05, 0.1) is 6.26 Å². The normalized spacial score (nSPS) is 10.4. The fraction of sp³-hybridized carbons (Fsp3) is 0.625. The zero-order valence-corrected chi connectivity index (χ0v) is 6.10. The molecule has 0 amide bonds. The van der Waals surface area contributed by atoms with Crippen molar-refractivity contribution in [2.75, 3.05) is 0 Å². The van der Waals surface area contributed by atoms with E-state index in [2.05, 4.69) is 18.8 Å². The molecule has 0 aliphatic rings. The third-order valence-corrected chi connectivity index (χ3v) is 1.17. The molecule has 0 rings (SSSR count). The van der Waals surface area contributed by atoms with Gasteiger partial charge in [0.15, 0.2) is 0 Å². The number of ether oxygens (including phenoxy) is 1. The highest BCUT2D eigenvalue weighted by molar-refractivity contribution is 4.72. The van der Waals surface area contributed by atoms with E-state index < -0.39 is 0 Å². The Labute approximate surface area is 57.7 Å². The smallest absolute Gasteiger partial charge is 0.121 e. The van der Waals surface area contributed by atoms with E-state index in [4.69, 9.17) is 0 Å². The van der Waals surface area contributed by atoms with Gasteiger partial charge in [0, 0.05) is 0 Å². The molecule has 0 saturated heterocycles. The fourth-order valence-electron chi connectivity index (χ4n) is 0.648. The molecule has 1 radical (unpaired) electrons. The van der Waals surface area contributed by atoms with Gasteiger partial charge in [-0.1, -0.05) is 19.8 Å². The molecule has 1 nitrogen and oxygen atoms in total. The summed E-state index contributed by atoms with van der Waals surface area (Å²) in [6.07, 6.45) is 8.60. The Bertz CT molecular complexity index is 67.0. The van der Waals surface area contributed by atoms with Crippen LogP contribution in [0.4, 0.5) is 0 Å². The van der Waals surface area contributed by atoms with Crippen LogP contribution < -0.4 is 0 Å². The summed E-state index contributed by atoms with van der Waals surface area (Å²) in [6, 6.07) is 0. The van der Waals surface area contributed by atoms with Gasteiger partial charge >= 0.3 is 0 Å². The summed E-state index contributed by atoms with van der Waals surface area (Å²) >= 11 is 0. The molecule has 0 bridgehead atoms. The van der Waals surface area contributed by atoms with Gasteiger partial charge in [-0.05, 0) is 18.9 Å². The quantitative estimate of drug-likeness (QED) is 0.407. The van der Waals surface area contributed by atoms with E-state index in [1.54, 1.807) is 6.26 Å². The minimum absolute atomic E-state index is 1.11. The standard InChI is InChI=1S/C8H15O/c1-3-4-5-6-7-8-9-2/h7-8H,2-6H2,1H3/b8-7+. The van der Waals surface area contributed by atoms with E-state index in [0.29, 0.717) is 0 Å². The second-order valence-electron chi connectivity index (χ2n) is 2.03. The summed E-state index contributed by atoms with van der Waals surface area (Å²) < 4.78 is 4.49. The summed E-state index contributed by atoms with van der Waals surface area (Å²) in [5.41, 5.74) is 0. The first-order valence-electron chi connectivity index (χ1n) is 3.47. The lowest BCUT2D eigenvalue weighted by Crippen LogP contribution is -1.70. The topological polar surface area (TPSA) is 9.23 Å². The molecule has 0 aromatic rings. The summed E-state index contributed by atoms with van der Waals surface area (Å²) in [7, 11) is 3.22. The molecule has 9 heavy (non-hydrogen) atoms. The van der Waals surface area contributed by atoms with Crippen molar-refractivity contribution in [3.8, 4) is 0 Å². The van der Waals surface area contributed by atoms with E-state index in [9.17, 15) is 0 Å². The number of hydrogen-bond donors (Lipinski definition) is 0. The van der Waals surface area contributed by atoms with Gasteiger partial charge in [-0.2, -0.15) is 0 Å². The van der Waals surface area contributed by atoms with Crippen molar-refractivity contribution in [3.63, 3.8) is 0 Å². The van der Waals surface area contributed by atoms with E-state index in [1.165, 1.54) is 19.3 Å². The average molecular weight is 127 g/mol. The monoisotopic (exact) mass is 127 g/mol. The van der Waals surface area contributed by atoms with Crippen LogP contribution in [0.2, 0.25) is 0 Å². The van der Waals surface area contributed by atoms with Crippen molar-refractivity contribution in [3.05, 3.63) is 19.4 Å². The van der Waals surface area contributed by atoms with Gasteiger partial charge < -0.3 is 4.74 Å². The van der Waals surface area contributed by atoms with Crippen molar-refractivity contribution in [1.82, 2.24) is 0 Å². The maximum Gasteiger partial charge on any atom is 0.121 e. The van der Waals surface area contributed by atoms with Crippen LogP contribution in [0.3, 0.4) is 0 Å². The SMILES string of the molecule is [CH2]O/C=C/CCCCC. The maximum absolute atomic E-state index is 4.49. The molecule has 0 aliphatic heterocycles. The Balaban J connectivity index is 2.82.